The fourth-order valence-electron chi connectivity index (χ4n) is 1.93. The molecule has 1 saturated carbocycles. The molecule has 0 radical (unpaired) electrons. The molecule has 4 N–H and O–H groups in total. The van der Waals surface area contributed by atoms with Crippen LogP contribution in [0.2, 0.25) is 0 Å². The molecule has 1 aliphatic rings. The molecule has 1 aromatic rings. The minimum atomic E-state index is -0.606. The first-order valence-corrected chi connectivity index (χ1v) is 6.45. The van der Waals surface area contributed by atoms with E-state index in [-0.39, 0.29) is 18.4 Å². The number of carbonyl (C=O) groups is 3. The van der Waals surface area contributed by atoms with Crippen molar-refractivity contribution >= 4 is 23.4 Å². The third-order valence-corrected chi connectivity index (χ3v) is 3.26. The second-order valence-corrected chi connectivity index (χ2v) is 5.04. The highest BCUT2D eigenvalue weighted by Gasteiger charge is 2.39. The van der Waals surface area contributed by atoms with Gasteiger partial charge in [0.25, 0.3) is 5.91 Å². The summed E-state index contributed by atoms with van der Waals surface area (Å²) in [5, 5.41) is 5.18. The van der Waals surface area contributed by atoms with Crippen LogP contribution >= 0.6 is 0 Å². The fraction of sp³-hybridized carbons (Fsp3) is 0.357. The van der Waals surface area contributed by atoms with Crippen LogP contribution < -0.4 is 16.4 Å². The van der Waals surface area contributed by atoms with Crippen LogP contribution in [0.25, 0.3) is 0 Å². The predicted molar refractivity (Wildman–Crippen MR) is 73.9 cm³/mol. The molecule has 3 amide bonds. The Bertz CT molecular complexity index is 556. The van der Waals surface area contributed by atoms with Gasteiger partial charge >= 0.3 is 0 Å². The number of nitrogens with one attached hydrogen (secondary N) is 2. The molecule has 6 nitrogen and oxygen atoms in total. The monoisotopic (exact) mass is 275 g/mol. The van der Waals surface area contributed by atoms with Crippen LogP contribution in [-0.4, -0.2) is 24.3 Å². The number of hydrogen-bond donors (Lipinski definition) is 3. The highest BCUT2D eigenvalue weighted by molar-refractivity contribution is 5.99. The van der Waals surface area contributed by atoms with Crippen molar-refractivity contribution < 1.29 is 14.4 Å². The number of benzene rings is 1. The number of amides is 3. The van der Waals surface area contributed by atoms with Gasteiger partial charge in [-0.25, -0.2) is 0 Å². The van der Waals surface area contributed by atoms with Gasteiger partial charge in [-0.05, 0) is 30.5 Å². The van der Waals surface area contributed by atoms with E-state index in [2.05, 4.69) is 10.6 Å². The first kappa shape index (κ1) is 14.0. The maximum Gasteiger partial charge on any atom is 0.251 e. The van der Waals surface area contributed by atoms with Crippen molar-refractivity contribution in [3.05, 3.63) is 29.8 Å². The minimum absolute atomic E-state index is 0.0211. The lowest BCUT2D eigenvalue weighted by atomic mass is 10.2. The number of carbonyl (C=O) groups excluding carboxylic acids is 3. The molecule has 0 bridgehead atoms. The van der Waals surface area contributed by atoms with Gasteiger partial charge in [0.1, 0.15) is 0 Å². The Kier molecular flexibility index (Phi) is 4.02. The summed E-state index contributed by atoms with van der Waals surface area (Å²) in [7, 11) is 0. The Morgan fingerprint density at radius 1 is 1.35 bits per heavy atom. The first-order valence-electron chi connectivity index (χ1n) is 6.45. The maximum absolute atomic E-state index is 11.8. The Balaban J connectivity index is 1.98. The van der Waals surface area contributed by atoms with Crippen molar-refractivity contribution in [3.63, 3.8) is 0 Å². The maximum atomic E-state index is 11.8. The molecule has 0 saturated heterocycles. The molecule has 0 heterocycles. The van der Waals surface area contributed by atoms with Gasteiger partial charge in [0.05, 0.1) is 6.54 Å². The van der Waals surface area contributed by atoms with Gasteiger partial charge in [-0.3, -0.25) is 14.4 Å². The van der Waals surface area contributed by atoms with Gasteiger partial charge in [0.2, 0.25) is 11.8 Å². The third kappa shape index (κ3) is 3.57. The molecule has 6 heteroatoms. The highest BCUT2D eigenvalue weighted by Crippen LogP contribution is 2.38. The summed E-state index contributed by atoms with van der Waals surface area (Å²) in [5.41, 5.74) is 5.90. The van der Waals surface area contributed by atoms with E-state index in [1.807, 2.05) is 6.92 Å². The van der Waals surface area contributed by atoms with Crippen LogP contribution in [-0.2, 0) is 9.59 Å². The van der Waals surface area contributed by atoms with Crippen molar-refractivity contribution in [1.29, 1.82) is 0 Å². The molecule has 0 spiro atoms. The average Bonchev–Trinajstić information content (AvgIpc) is 3.13. The van der Waals surface area contributed by atoms with Crippen LogP contribution in [0.1, 0.15) is 23.7 Å². The van der Waals surface area contributed by atoms with E-state index in [9.17, 15) is 14.4 Å². The van der Waals surface area contributed by atoms with Crippen LogP contribution in [0, 0.1) is 11.8 Å². The molecule has 2 atom stereocenters. The number of primary amides is 1. The molecule has 1 aliphatic carbocycles. The summed E-state index contributed by atoms with van der Waals surface area (Å²) in [6, 6.07) is 6.56. The Hall–Kier alpha value is -2.37. The SMILES string of the molecule is CC1CC1C(=O)Nc1cccc(C(=O)NCC(N)=O)c1. The number of hydrogen-bond acceptors (Lipinski definition) is 3. The molecule has 2 rings (SSSR count). The van der Waals surface area contributed by atoms with Crippen LogP contribution in [0.4, 0.5) is 5.69 Å². The molecule has 1 aromatic carbocycles. The second kappa shape index (κ2) is 5.73. The lowest BCUT2D eigenvalue weighted by Gasteiger charge is -2.07. The second-order valence-electron chi connectivity index (χ2n) is 5.04. The van der Waals surface area contributed by atoms with E-state index in [1.165, 1.54) is 0 Å². The summed E-state index contributed by atoms with van der Waals surface area (Å²) in [5.74, 6) is -0.531. The van der Waals surface area contributed by atoms with Gasteiger partial charge in [-0.1, -0.05) is 13.0 Å². The van der Waals surface area contributed by atoms with E-state index >= 15 is 0 Å². The van der Waals surface area contributed by atoms with Gasteiger partial charge < -0.3 is 16.4 Å². The van der Waals surface area contributed by atoms with Gasteiger partial charge in [-0.15, -0.1) is 0 Å². The third-order valence-electron chi connectivity index (χ3n) is 3.26. The molecular formula is C14H17N3O3. The Morgan fingerprint density at radius 2 is 2.05 bits per heavy atom. The van der Waals surface area contributed by atoms with E-state index in [1.54, 1.807) is 24.3 Å². The number of anilines is 1. The van der Waals surface area contributed by atoms with Crippen molar-refractivity contribution in [2.75, 3.05) is 11.9 Å². The molecule has 106 valence electrons. The van der Waals surface area contributed by atoms with Crippen molar-refractivity contribution in [1.82, 2.24) is 5.32 Å². The zero-order chi connectivity index (χ0) is 14.7. The Labute approximate surface area is 116 Å². The minimum Gasteiger partial charge on any atom is -0.368 e. The standard InChI is InChI=1S/C14H17N3O3/c1-8-5-11(8)14(20)17-10-4-2-3-9(6-10)13(19)16-7-12(15)18/h2-4,6,8,11H,5,7H2,1H3,(H2,15,18)(H,16,19)(H,17,20). The van der Waals surface area contributed by atoms with Gasteiger partial charge in [-0.2, -0.15) is 0 Å². The van der Waals surface area contributed by atoms with E-state index in [0.29, 0.717) is 17.2 Å². The lowest BCUT2D eigenvalue weighted by Crippen LogP contribution is -2.33. The molecule has 2 unspecified atom stereocenters. The van der Waals surface area contributed by atoms with Gasteiger partial charge in [0, 0.05) is 17.2 Å². The van der Waals surface area contributed by atoms with Crippen molar-refractivity contribution in [2.24, 2.45) is 17.6 Å². The largest absolute Gasteiger partial charge is 0.368 e. The highest BCUT2D eigenvalue weighted by atomic mass is 16.2. The van der Waals surface area contributed by atoms with E-state index < -0.39 is 11.8 Å². The summed E-state index contributed by atoms with van der Waals surface area (Å²) in [4.78, 5) is 34.2. The zero-order valence-electron chi connectivity index (χ0n) is 11.2. The lowest BCUT2D eigenvalue weighted by molar-refractivity contribution is -0.118. The number of nitrogens with two attached hydrogens (primary N) is 1. The van der Waals surface area contributed by atoms with Crippen LogP contribution in [0.5, 0.6) is 0 Å². The van der Waals surface area contributed by atoms with Crippen LogP contribution in [0.15, 0.2) is 24.3 Å². The normalized spacial score (nSPS) is 20.1. The summed E-state index contributed by atoms with van der Waals surface area (Å²) >= 11 is 0. The number of rotatable bonds is 5. The molecule has 0 aliphatic heterocycles. The van der Waals surface area contributed by atoms with E-state index in [4.69, 9.17) is 5.73 Å². The van der Waals surface area contributed by atoms with Crippen molar-refractivity contribution in [2.45, 2.75) is 13.3 Å². The Morgan fingerprint density at radius 3 is 2.65 bits per heavy atom. The smallest absolute Gasteiger partial charge is 0.251 e. The van der Waals surface area contributed by atoms with Crippen molar-refractivity contribution in [3.8, 4) is 0 Å². The average molecular weight is 275 g/mol. The van der Waals surface area contributed by atoms with Crippen LogP contribution in [0.3, 0.4) is 0 Å². The first-order chi connectivity index (χ1) is 9.47. The summed E-state index contributed by atoms with van der Waals surface area (Å²) in [6.45, 7) is 1.81. The topological polar surface area (TPSA) is 101 Å². The molecule has 0 aromatic heterocycles. The zero-order valence-corrected chi connectivity index (χ0v) is 11.2. The molecular weight excluding hydrogens is 258 g/mol. The van der Waals surface area contributed by atoms with E-state index in [0.717, 1.165) is 6.42 Å². The molecule has 1 fully saturated rings. The van der Waals surface area contributed by atoms with Gasteiger partial charge in [0.15, 0.2) is 0 Å². The summed E-state index contributed by atoms with van der Waals surface area (Å²) < 4.78 is 0. The quantitative estimate of drug-likeness (QED) is 0.729. The fourth-order valence-corrected chi connectivity index (χ4v) is 1.93. The molecule has 20 heavy (non-hydrogen) atoms. The predicted octanol–water partition coefficient (Wildman–Crippen LogP) is 0.496. The summed E-state index contributed by atoms with van der Waals surface area (Å²) in [6.07, 6.45) is 0.907.